The number of piperidine rings is 1. The van der Waals surface area contributed by atoms with Crippen LogP contribution in [-0.4, -0.2) is 38.0 Å². The molecule has 3 N–H and O–H groups in total. The number of nitrogens with one attached hydrogen (secondary N) is 1. The van der Waals surface area contributed by atoms with Gasteiger partial charge >= 0.3 is 0 Å². The molecule has 10 heteroatoms. The molecule has 1 aromatic heterocycles. The van der Waals surface area contributed by atoms with Crippen LogP contribution in [0, 0.1) is 17.6 Å². The number of hydrogen-bond acceptors (Lipinski definition) is 5. The summed E-state index contributed by atoms with van der Waals surface area (Å²) in [5.74, 6) is -1.30. The Bertz CT molecular complexity index is 862. The number of benzene rings is 1. The van der Waals surface area contributed by atoms with Crippen molar-refractivity contribution in [3.05, 3.63) is 30.0 Å². The van der Waals surface area contributed by atoms with Gasteiger partial charge < -0.3 is 4.90 Å². The van der Waals surface area contributed by atoms with E-state index in [9.17, 15) is 17.2 Å². The maximum absolute atomic E-state index is 13.4. The van der Waals surface area contributed by atoms with Gasteiger partial charge in [0, 0.05) is 31.8 Å². The molecular weight excluding hydrogens is 340 g/mol. The second-order valence-corrected chi connectivity index (χ2v) is 7.21. The van der Waals surface area contributed by atoms with E-state index in [4.69, 9.17) is 5.14 Å². The van der Waals surface area contributed by atoms with Gasteiger partial charge in [-0.25, -0.2) is 23.6 Å². The SMILES string of the molecule is NS(=O)(=O)NCC1CCCN(c2cnc3cc(F)c(F)cc3n2)C1. The largest absolute Gasteiger partial charge is 0.355 e. The Morgan fingerprint density at radius 1 is 1.29 bits per heavy atom. The van der Waals surface area contributed by atoms with E-state index in [-0.39, 0.29) is 23.5 Å². The smallest absolute Gasteiger partial charge is 0.274 e. The van der Waals surface area contributed by atoms with Crippen molar-refractivity contribution in [2.75, 3.05) is 24.5 Å². The Morgan fingerprint density at radius 2 is 2.00 bits per heavy atom. The second-order valence-electron chi connectivity index (χ2n) is 5.83. The first kappa shape index (κ1) is 16.9. The Labute approximate surface area is 138 Å². The van der Waals surface area contributed by atoms with Crippen molar-refractivity contribution in [3.8, 4) is 0 Å². The first-order valence-electron chi connectivity index (χ1n) is 7.46. The molecule has 0 amide bonds. The summed E-state index contributed by atoms with van der Waals surface area (Å²) in [6, 6.07) is 2.03. The van der Waals surface area contributed by atoms with Crippen LogP contribution in [0.5, 0.6) is 0 Å². The van der Waals surface area contributed by atoms with Gasteiger partial charge in [-0.2, -0.15) is 8.42 Å². The van der Waals surface area contributed by atoms with E-state index in [0.29, 0.717) is 12.4 Å². The van der Waals surface area contributed by atoms with Crippen LogP contribution in [0.1, 0.15) is 12.8 Å². The zero-order valence-corrected chi connectivity index (χ0v) is 13.6. The molecule has 1 atom stereocenters. The zero-order chi connectivity index (χ0) is 17.3. The van der Waals surface area contributed by atoms with Gasteiger partial charge in [0.15, 0.2) is 11.6 Å². The van der Waals surface area contributed by atoms with Gasteiger partial charge in [0.25, 0.3) is 10.2 Å². The molecule has 0 saturated carbocycles. The molecule has 7 nitrogen and oxygen atoms in total. The third-order valence-electron chi connectivity index (χ3n) is 3.99. The average Bonchev–Trinajstić information content (AvgIpc) is 2.53. The molecule has 1 aliphatic heterocycles. The average molecular weight is 357 g/mol. The van der Waals surface area contributed by atoms with Crippen LogP contribution in [-0.2, 0) is 10.2 Å². The van der Waals surface area contributed by atoms with Gasteiger partial charge in [-0.15, -0.1) is 0 Å². The Balaban J connectivity index is 1.78. The van der Waals surface area contributed by atoms with E-state index in [2.05, 4.69) is 14.7 Å². The minimum atomic E-state index is -3.72. The predicted octanol–water partition coefficient (Wildman–Crippen LogP) is 0.917. The molecule has 1 fully saturated rings. The van der Waals surface area contributed by atoms with Crippen molar-refractivity contribution < 1.29 is 17.2 Å². The van der Waals surface area contributed by atoms with E-state index in [1.54, 1.807) is 0 Å². The van der Waals surface area contributed by atoms with Crippen LogP contribution in [0.25, 0.3) is 11.0 Å². The third kappa shape index (κ3) is 3.94. The number of rotatable bonds is 4. The Morgan fingerprint density at radius 3 is 2.71 bits per heavy atom. The molecule has 0 aliphatic carbocycles. The minimum Gasteiger partial charge on any atom is -0.355 e. The molecule has 24 heavy (non-hydrogen) atoms. The normalized spacial score (nSPS) is 19.0. The molecule has 0 spiro atoms. The number of anilines is 1. The Hall–Kier alpha value is -1.91. The van der Waals surface area contributed by atoms with Crippen LogP contribution in [0.15, 0.2) is 18.3 Å². The topological polar surface area (TPSA) is 101 Å². The summed E-state index contributed by atoms with van der Waals surface area (Å²) in [5, 5.41) is 4.95. The number of nitrogens with two attached hydrogens (primary N) is 1. The van der Waals surface area contributed by atoms with Gasteiger partial charge in [0.2, 0.25) is 0 Å². The first-order valence-corrected chi connectivity index (χ1v) is 9.00. The van der Waals surface area contributed by atoms with Crippen molar-refractivity contribution in [1.29, 1.82) is 0 Å². The fourth-order valence-corrected chi connectivity index (χ4v) is 3.29. The number of aromatic nitrogens is 2. The lowest BCUT2D eigenvalue weighted by Gasteiger charge is -2.33. The standard InChI is InChI=1S/C14H17F2N5O2S/c15-10-4-12-13(5-11(10)16)20-14(7-18-12)21-3-1-2-9(8-21)6-19-24(17,22)23/h4-5,7,9,19H,1-3,6,8H2,(H2,17,22,23). The summed E-state index contributed by atoms with van der Waals surface area (Å²) >= 11 is 0. The highest BCUT2D eigenvalue weighted by Gasteiger charge is 2.22. The highest BCUT2D eigenvalue weighted by atomic mass is 32.2. The molecular formula is C14H17F2N5O2S. The van der Waals surface area contributed by atoms with Crippen LogP contribution in [0.3, 0.4) is 0 Å². The number of halogens is 2. The highest BCUT2D eigenvalue weighted by molar-refractivity contribution is 7.87. The fourth-order valence-electron chi connectivity index (χ4n) is 2.82. The molecule has 1 aromatic carbocycles. The lowest BCUT2D eigenvalue weighted by Crippen LogP contribution is -2.42. The maximum atomic E-state index is 13.4. The molecule has 0 bridgehead atoms. The van der Waals surface area contributed by atoms with Crippen LogP contribution >= 0.6 is 0 Å². The fraction of sp³-hybridized carbons (Fsp3) is 0.429. The van der Waals surface area contributed by atoms with E-state index in [1.165, 1.54) is 6.20 Å². The predicted molar refractivity (Wildman–Crippen MR) is 85.5 cm³/mol. The van der Waals surface area contributed by atoms with Crippen LogP contribution in [0.2, 0.25) is 0 Å². The third-order valence-corrected chi connectivity index (χ3v) is 4.56. The van der Waals surface area contributed by atoms with Crippen LogP contribution in [0.4, 0.5) is 14.6 Å². The zero-order valence-electron chi connectivity index (χ0n) is 12.7. The first-order chi connectivity index (χ1) is 11.3. The number of hydrogen-bond donors (Lipinski definition) is 2. The summed E-state index contributed by atoms with van der Waals surface area (Å²) in [7, 11) is -3.72. The number of nitrogens with zero attached hydrogens (tertiary/aromatic N) is 3. The van der Waals surface area contributed by atoms with Crippen molar-refractivity contribution in [2.45, 2.75) is 12.8 Å². The van der Waals surface area contributed by atoms with E-state index in [1.807, 2.05) is 4.90 Å². The summed E-state index contributed by atoms with van der Waals surface area (Å²) in [4.78, 5) is 10.4. The summed E-state index contributed by atoms with van der Waals surface area (Å²) in [6.45, 7) is 1.55. The highest BCUT2D eigenvalue weighted by Crippen LogP contribution is 2.23. The number of fused-ring (bicyclic) bond motifs is 1. The lowest BCUT2D eigenvalue weighted by atomic mass is 9.98. The monoisotopic (exact) mass is 357 g/mol. The quantitative estimate of drug-likeness (QED) is 0.847. The molecule has 130 valence electrons. The minimum absolute atomic E-state index is 0.0829. The molecule has 1 unspecified atom stereocenters. The molecule has 2 aromatic rings. The van der Waals surface area contributed by atoms with E-state index in [0.717, 1.165) is 31.5 Å². The van der Waals surface area contributed by atoms with Gasteiger partial charge in [-0.05, 0) is 18.8 Å². The van der Waals surface area contributed by atoms with Crippen molar-refractivity contribution in [2.24, 2.45) is 11.1 Å². The van der Waals surface area contributed by atoms with Crippen molar-refractivity contribution in [3.63, 3.8) is 0 Å². The molecule has 0 radical (unpaired) electrons. The second kappa shape index (κ2) is 6.54. The Kier molecular flexibility index (Phi) is 4.61. The summed E-state index contributed by atoms with van der Waals surface area (Å²) < 4.78 is 50.9. The summed E-state index contributed by atoms with van der Waals surface area (Å²) in [5.41, 5.74) is 0.554. The van der Waals surface area contributed by atoms with Crippen molar-refractivity contribution in [1.82, 2.24) is 14.7 Å². The van der Waals surface area contributed by atoms with Crippen LogP contribution < -0.4 is 14.8 Å². The van der Waals surface area contributed by atoms with Gasteiger partial charge in [0.05, 0.1) is 17.2 Å². The molecule has 2 heterocycles. The molecule has 1 saturated heterocycles. The van der Waals surface area contributed by atoms with Crippen molar-refractivity contribution >= 4 is 27.1 Å². The van der Waals surface area contributed by atoms with E-state index >= 15 is 0 Å². The summed E-state index contributed by atoms with van der Waals surface area (Å²) in [6.07, 6.45) is 3.23. The van der Waals surface area contributed by atoms with Gasteiger partial charge in [-0.1, -0.05) is 0 Å². The van der Waals surface area contributed by atoms with E-state index < -0.39 is 21.8 Å². The van der Waals surface area contributed by atoms with Gasteiger partial charge in [-0.3, -0.25) is 4.98 Å². The molecule has 1 aliphatic rings. The maximum Gasteiger partial charge on any atom is 0.274 e. The lowest BCUT2D eigenvalue weighted by molar-refractivity contribution is 0.409. The van der Waals surface area contributed by atoms with Gasteiger partial charge in [0.1, 0.15) is 5.82 Å². The molecule has 3 rings (SSSR count).